The number of esters is 1. The van der Waals surface area contributed by atoms with Crippen molar-refractivity contribution < 1.29 is 9.53 Å². The second-order valence-corrected chi connectivity index (χ2v) is 6.30. The van der Waals surface area contributed by atoms with Gasteiger partial charge in [0.1, 0.15) is 5.56 Å². The number of carbonyl (C=O) groups excluding carboxylic acids is 1. The highest BCUT2D eigenvalue weighted by Crippen LogP contribution is 2.31. The summed E-state index contributed by atoms with van der Waals surface area (Å²) >= 11 is 1.58. The average molecular weight is 315 g/mol. The lowest BCUT2D eigenvalue weighted by atomic mass is 10.1. The molecule has 0 aliphatic heterocycles. The summed E-state index contributed by atoms with van der Waals surface area (Å²) in [6, 6.07) is 4.17. The van der Waals surface area contributed by atoms with E-state index in [2.05, 4.69) is 24.2 Å². The van der Waals surface area contributed by atoms with Crippen molar-refractivity contribution in [1.82, 2.24) is 14.8 Å². The molecule has 0 radical (unpaired) electrons. The predicted molar refractivity (Wildman–Crippen MR) is 87.0 cm³/mol. The highest BCUT2D eigenvalue weighted by molar-refractivity contribution is 7.21. The van der Waals surface area contributed by atoms with Crippen LogP contribution in [0.4, 0.5) is 0 Å². The molecule has 0 aliphatic rings. The fourth-order valence-corrected chi connectivity index (χ4v) is 3.68. The molecular weight excluding hydrogens is 298 g/mol. The lowest BCUT2D eigenvalue weighted by Gasteiger charge is -2.00. The van der Waals surface area contributed by atoms with Crippen LogP contribution in [0.15, 0.2) is 12.1 Å². The summed E-state index contributed by atoms with van der Waals surface area (Å²) in [5.74, 6) is -0.366. The fraction of sp³-hybridized carbons (Fsp3) is 0.312. The molecule has 0 unspecified atom stereocenters. The Hall–Kier alpha value is -2.21. The van der Waals surface area contributed by atoms with Gasteiger partial charge in [0.05, 0.1) is 28.7 Å². The van der Waals surface area contributed by atoms with Gasteiger partial charge in [0, 0.05) is 0 Å². The molecule has 1 aromatic carbocycles. The minimum atomic E-state index is -0.366. The summed E-state index contributed by atoms with van der Waals surface area (Å²) < 4.78 is 7.72. The Morgan fingerprint density at radius 3 is 2.50 bits per heavy atom. The van der Waals surface area contributed by atoms with Crippen molar-refractivity contribution in [1.29, 1.82) is 0 Å². The number of fused-ring (bicyclic) bond motifs is 1. The first-order valence-corrected chi connectivity index (χ1v) is 7.77. The van der Waals surface area contributed by atoms with Crippen molar-refractivity contribution in [2.24, 2.45) is 0 Å². The van der Waals surface area contributed by atoms with E-state index in [1.165, 1.54) is 12.7 Å². The summed E-state index contributed by atoms with van der Waals surface area (Å²) in [6.45, 7) is 7.79. The van der Waals surface area contributed by atoms with Crippen LogP contribution in [0.25, 0.3) is 15.3 Å². The minimum Gasteiger partial charge on any atom is -0.465 e. The Morgan fingerprint density at radius 2 is 1.86 bits per heavy atom. The van der Waals surface area contributed by atoms with Gasteiger partial charge in [-0.2, -0.15) is 5.10 Å². The third-order valence-corrected chi connectivity index (χ3v) is 4.96. The molecule has 0 bridgehead atoms. The van der Waals surface area contributed by atoms with Gasteiger partial charge in [-0.3, -0.25) is 0 Å². The van der Waals surface area contributed by atoms with E-state index in [-0.39, 0.29) is 5.97 Å². The van der Waals surface area contributed by atoms with E-state index in [9.17, 15) is 4.79 Å². The standard InChI is InChI=1S/C16H17N3O2S/c1-8-6-7-9(2)14-13(8)17-16(22-14)19-11(4)12(10(3)18-19)15(20)21-5/h6-7H,1-5H3. The van der Waals surface area contributed by atoms with Crippen molar-refractivity contribution in [2.45, 2.75) is 27.7 Å². The number of aromatic nitrogens is 3. The quantitative estimate of drug-likeness (QED) is 0.679. The van der Waals surface area contributed by atoms with E-state index < -0.39 is 0 Å². The number of ether oxygens (including phenoxy) is 1. The lowest BCUT2D eigenvalue weighted by molar-refractivity contribution is 0.0599. The molecule has 0 amide bonds. The molecule has 6 heteroatoms. The second kappa shape index (κ2) is 5.21. The van der Waals surface area contributed by atoms with Gasteiger partial charge in [-0.15, -0.1) is 0 Å². The molecule has 0 N–H and O–H groups in total. The Bertz CT molecular complexity index is 854. The lowest BCUT2D eigenvalue weighted by Crippen LogP contribution is -2.05. The zero-order valence-corrected chi connectivity index (χ0v) is 14.0. The molecule has 0 fully saturated rings. The van der Waals surface area contributed by atoms with Crippen LogP contribution in [0.5, 0.6) is 0 Å². The van der Waals surface area contributed by atoms with E-state index in [1.807, 2.05) is 13.8 Å². The summed E-state index contributed by atoms with van der Waals surface area (Å²) in [5, 5.41) is 5.23. The Balaban J connectivity index is 2.23. The molecule has 0 spiro atoms. The van der Waals surface area contributed by atoms with Crippen LogP contribution < -0.4 is 0 Å². The molecule has 0 aliphatic carbocycles. The van der Waals surface area contributed by atoms with E-state index in [0.29, 0.717) is 11.3 Å². The summed E-state index contributed by atoms with van der Waals surface area (Å²) in [4.78, 5) is 16.6. The van der Waals surface area contributed by atoms with Crippen LogP contribution in [-0.2, 0) is 4.74 Å². The fourth-order valence-electron chi connectivity index (χ4n) is 2.57. The summed E-state index contributed by atoms with van der Waals surface area (Å²) in [7, 11) is 1.38. The van der Waals surface area contributed by atoms with Crippen molar-refractivity contribution >= 4 is 27.5 Å². The number of hydrogen-bond acceptors (Lipinski definition) is 5. The van der Waals surface area contributed by atoms with Crippen LogP contribution in [-0.4, -0.2) is 27.8 Å². The number of hydrogen-bond donors (Lipinski definition) is 0. The number of nitrogens with zero attached hydrogens (tertiary/aromatic N) is 3. The van der Waals surface area contributed by atoms with Crippen molar-refractivity contribution in [3.63, 3.8) is 0 Å². The number of benzene rings is 1. The number of thiazole rings is 1. The molecule has 3 rings (SSSR count). The van der Waals surface area contributed by atoms with Crippen molar-refractivity contribution in [2.75, 3.05) is 7.11 Å². The molecule has 2 aromatic heterocycles. The number of rotatable bonds is 2. The van der Waals surface area contributed by atoms with Crippen LogP contribution in [0.1, 0.15) is 32.9 Å². The zero-order valence-electron chi connectivity index (χ0n) is 13.2. The molecular formula is C16H17N3O2S. The molecule has 114 valence electrons. The Kier molecular flexibility index (Phi) is 3.48. The largest absolute Gasteiger partial charge is 0.465 e. The minimum absolute atomic E-state index is 0.366. The SMILES string of the molecule is COC(=O)c1c(C)nn(-c2nc3c(C)ccc(C)c3s2)c1C. The number of methoxy groups -OCH3 is 1. The maximum absolute atomic E-state index is 11.9. The second-order valence-electron chi connectivity index (χ2n) is 5.32. The molecule has 22 heavy (non-hydrogen) atoms. The van der Waals surface area contributed by atoms with Gasteiger partial charge in [0.15, 0.2) is 0 Å². The van der Waals surface area contributed by atoms with E-state index in [4.69, 9.17) is 9.72 Å². The first-order chi connectivity index (χ1) is 10.4. The Labute approximate surface area is 132 Å². The number of carbonyl (C=O) groups is 1. The maximum atomic E-state index is 11.9. The molecule has 0 saturated heterocycles. The first-order valence-electron chi connectivity index (χ1n) is 6.95. The molecule has 2 heterocycles. The topological polar surface area (TPSA) is 57.0 Å². The Morgan fingerprint density at radius 1 is 1.18 bits per heavy atom. The first kappa shape index (κ1) is 14.7. The van der Waals surface area contributed by atoms with E-state index in [0.717, 1.165) is 26.6 Å². The van der Waals surface area contributed by atoms with Crippen LogP contribution in [0.3, 0.4) is 0 Å². The summed E-state index contributed by atoms with van der Waals surface area (Å²) in [5.41, 5.74) is 5.23. The van der Waals surface area contributed by atoms with Gasteiger partial charge in [0.2, 0.25) is 5.13 Å². The third-order valence-electron chi connectivity index (χ3n) is 3.79. The third kappa shape index (κ3) is 2.11. The van der Waals surface area contributed by atoms with Crippen LogP contribution >= 0.6 is 11.3 Å². The summed E-state index contributed by atoms with van der Waals surface area (Å²) in [6.07, 6.45) is 0. The molecule has 0 saturated carbocycles. The van der Waals surface area contributed by atoms with Gasteiger partial charge >= 0.3 is 5.97 Å². The monoisotopic (exact) mass is 315 g/mol. The van der Waals surface area contributed by atoms with E-state index in [1.54, 1.807) is 22.9 Å². The van der Waals surface area contributed by atoms with Gasteiger partial charge in [-0.25, -0.2) is 14.5 Å². The molecule has 0 atom stereocenters. The normalized spacial score (nSPS) is 11.1. The predicted octanol–water partition coefficient (Wildman–Crippen LogP) is 3.50. The average Bonchev–Trinajstić information content (AvgIpc) is 3.05. The van der Waals surface area contributed by atoms with E-state index >= 15 is 0 Å². The van der Waals surface area contributed by atoms with Gasteiger partial charge in [-0.05, 0) is 38.8 Å². The van der Waals surface area contributed by atoms with Gasteiger partial charge in [-0.1, -0.05) is 23.5 Å². The van der Waals surface area contributed by atoms with Crippen molar-refractivity contribution in [3.8, 4) is 5.13 Å². The number of aryl methyl sites for hydroxylation is 3. The van der Waals surface area contributed by atoms with Crippen molar-refractivity contribution in [3.05, 3.63) is 40.2 Å². The molecule has 5 nitrogen and oxygen atoms in total. The zero-order chi connectivity index (χ0) is 16.0. The van der Waals surface area contributed by atoms with Gasteiger partial charge < -0.3 is 4.74 Å². The highest BCUT2D eigenvalue weighted by Gasteiger charge is 2.21. The smallest absolute Gasteiger partial charge is 0.341 e. The molecule has 3 aromatic rings. The van der Waals surface area contributed by atoms with Gasteiger partial charge in [0.25, 0.3) is 0 Å². The highest BCUT2D eigenvalue weighted by atomic mass is 32.1. The van der Waals surface area contributed by atoms with Crippen LogP contribution in [0.2, 0.25) is 0 Å². The maximum Gasteiger partial charge on any atom is 0.341 e. The van der Waals surface area contributed by atoms with Crippen LogP contribution in [0, 0.1) is 27.7 Å².